The van der Waals surface area contributed by atoms with E-state index in [1.54, 1.807) is 0 Å². The van der Waals surface area contributed by atoms with Gasteiger partial charge in [-0.2, -0.15) is 0 Å². The summed E-state index contributed by atoms with van der Waals surface area (Å²) in [7, 11) is 1.43. The highest BCUT2D eigenvalue weighted by atomic mass is 16.7. The zero-order valence-electron chi connectivity index (χ0n) is 26.0. The maximum Gasteiger partial charge on any atom is 0.415 e. The van der Waals surface area contributed by atoms with E-state index in [9.17, 15) is 29.4 Å². The number of carbonyl (C=O) groups is 4. The Morgan fingerprint density at radius 1 is 1.09 bits per heavy atom. The molecule has 2 unspecified atom stereocenters. The van der Waals surface area contributed by atoms with Crippen molar-refractivity contribution in [1.29, 1.82) is 5.41 Å². The lowest BCUT2D eigenvalue weighted by Gasteiger charge is -2.18. The minimum absolute atomic E-state index is 0.0910. The molecule has 47 heavy (non-hydrogen) atoms. The van der Waals surface area contributed by atoms with E-state index < -0.39 is 36.5 Å². The second-order valence-electron chi connectivity index (χ2n) is 10.6. The van der Waals surface area contributed by atoms with E-state index in [-0.39, 0.29) is 39.5 Å². The summed E-state index contributed by atoms with van der Waals surface area (Å²) in [6, 6.07) is 12.0. The molecule has 3 aromatic rings. The Bertz CT molecular complexity index is 1700. The Morgan fingerprint density at radius 3 is 2.38 bits per heavy atom. The smallest absolute Gasteiger partial charge is 0.415 e. The van der Waals surface area contributed by atoms with E-state index in [1.807, 2.05) is 0 Å². The monoisotopic (exact) mass is 645 g/mol. The Morgan fingerprint density at radius 2 is 1.79 bits per heavy atom. The second kappa shape index (κ2) is 15.1. The largest absolute Gasteiger partial charge is 0.496 e. The fourth-order valence-electron chi connectivity index (χ4n) is 4.59. The maximum absolute atomic E-state index is 13.7. The lowest BCUT2D eigenvalue weighted by molar-refractivity contribution is -0.161. The first-order chi connectivity index (χ1) is 22.4. The number of aromatic carboxylic acids is 1. The van der Waals surface area contributed by atoms with Gasteiger partial charge in [-0.15, -0.1) is 0 Å². The van der Waals surface area contributed by atoms with Crippen LogP contribution < -0.4 is 20.7 Å². The third-order valence-electron chi connectivity index (χ3n) is 7.08. The molecule has 0 aliphatic heterocycles. The number of carbonyl (C=O) groups excluding carboxylic acids is 3. The zero-order valence-corrected chi connectivity index (χ0v) is 26.0. The first kappa shape index (κ1) is 34.3. The summed E-state index contributed by atoms with van der Waals surface area (Å²) in [4.78, 5) is 53.3. The Labute approximate surface area is 270 Å². The third-order valence-corrected chi connectivity index (χ3v) is 7.08. The van der Waals surface area contributed by atoms with Gasteiger partial charge in [0.15, 0.2) is 5.69 Å². The summed E-state index contributed by atoms with van der Waals surface area (Å²) in [6.45, 7) is 6.87. The van der Waals surface area contributed by atoms with Crippen LogP contribution in [0.2, 0.25) is 0 Å². The van der Waals surface area contributed by atoms with E-state index >= 15 is 0 Å². The first-order valence-electron chi connectivity index (χ1n) is 14.6. The predicted molar refractivity (Wildman–Crippen MR) is 171 cm³/mol. The molecule has 4 rings (SSSR count). The van der Waals surface area contributed by atoms with E-state index in [0.717, 1.165) is 19.8 Å². The van der Waals surface area contributed by atoms with Crippen LogP contribution >= 0.6 is 0 Å². The molecular formula is C33H35N5O9. The molecule has 1 aliphatic rings. The molecular weight excluding hydrogens is 610 g/mol. The van der Waals surface area contributed by atoms with Gasteiger partial charge in [-0.05, 0) is 67.3 Å². The van der Waals surface area contributed by atoms with Crippen LogP contribution in [-0.2, 0) is 14.3 Å². The van der Waals surface area contributed by atoms with Crippen molar-refractivity contribution < 1.29 is 43.6 Å². The molecule has 0 radical (unpaired) electrons. The second-order valence-corrected chi connectivity index (χ2v) is 10.6. The number of esters is 1. The summed E-state index contributed by atoms with van der Waals surface area (Å²) in [5.41, 5.74) is 1.28. The van der Waals surface area contributed by atoms with Crippen LogP contribution in [-0.4, -0.2) is 64.9 Å². The van der Waals surface area contributed by atoms with Crippen molar-refractivity contribution in [3.63, 3.8) is 0 Å². The predicted octanol–water partition coefficient (Wildman–Crippen LogP) is 4.30. The molecule has 2 atom stereocenters. The summed E-state index contributed by atoms with van der Waals surface area (Å²) in [5.74, 6) is -2.07. The molecule has 1 heterocycles. The number of amidine groups is 1. The van der Waals surface area contributed by atoms with Gasteiger partial charge >= 0.3 is 18.0 Å². The average Bonchev–Trinajstić information content (AvgIpc) is 3.87. The fourth-order valence-corrected chi connectivity index (χ4v) is 4.59. The van der Waals surface area contributed by atoms with E-state index in [0.29, 0.717) is 29.5 Å². The first-order valence-corrected chi connectivity index (χ1v) is 14.6. The number of hydrogen-bond acceptors (Lipinski definition) is 11. The number of ether oxygens (including phenoxy) is 3. The molecule has 0 bridgehead atoms. The topological polar surface area (TPSA) is 209 Å². The highest BCUT2D eigenvalue weighted by Crippen LogP contribution is 2.35. The van der Waals surface area contributed by atoms with Crippen LogP contribution in [0.4, 0.5) is 10.5 Å². The summed E-state index contributed by atoms with van der Waals surface area (Å²) in [5, 5.41) is 36.7. The highest BCUT2D eigenvalue weighted by molar-refractivity contribution is 6.11. The van der Waals surface area contributed by atoms with Crippen molar-refractivity contribution in [2.24, 2.45) is 5.92 Å². The van der Waals surface area contributed by atoms with Gasteiger partial charge in [0.2, 0.25) is 6.29 Å². The van der Waals surface area contributed by atoms with Crippen LogP contribution in [0.15, 0.2) is 55.1 Å². The van der Waals surface area contributed by atoms with Gasteiger partial charge in [-0.1, -0.05) is 12.7 Å². The number of nitrogens with zero attached hydrogens (tertiary/aromatic N) is 1. The van der Waals surface area contributed by atoms with Gasteiger partial charge in [-0.25, -0.2) is 14.6 Å². The van der Waals surface area contributed by atoms with Crippen molar-refractivity contribution in [2.45, 2.75) is 39.2 Å². The number of methoxy groups -OCH3 is 1. The normalized spacial score (nSPS) is 13.4. The Kier molecular flexibility index (Phi) is 11.0. The van der Waals surface area contributed by atoms with Gasteiger partial charge in [0.1, 0.15) is 17.8 Å². The number of benzene rings is 2. The van der Waals surface area contributed by atoms with Gasteiger partial charge in [0, 0.05) is 53.9 Å². The number of rotatable bonds is 13. The fraction of sp³-hybridized carbons (Fsp3) is 0.273. The molecule has 14 heteroatoms. The Hall–Kier alpha value is -5.60. The van der Waals surface area contributed by atoms with Crippen molar-refractivity contribution >= 4 is 41.5 Å². The summed E-state index contributed by atoms with van der Waals surface area (Å²) < 4.78 is 15.1. The quantitative estimate of drug-likeness (QED) is 0.0668. The molecule has 1 fully saturated rings. The molecule has 246 valence electrons. The van der Waals surface area contributed by atoms with Gasteiger partial charge in [0.05, 0.1) is 12.8 Å². The average molecular weight is 646 g/mol. The molecule has 0 saturated heterocycles. The number of carboxylic acid groups (broad SMARTS) is 1. The molecule has 1 saturated carbocycles. The molecule has 14 nitrogen and oxygen atoms in total. The molecule has 1 aromatic heterocycles. The number of pyridine rings is 1. The van der Waals surface area contributed by atoms with E-state index in [1.165, 1.54) is 68.6 Å². The lowest BCUT2D eigenvalue weighted by Crippen LogP contribution is -2.34. The van der Waals surface area contributed by atoms with Crippen LogP contribution in [0.3, 0.4) is 0 Å². The van der Waals surface area contributed by atoms with Gasteiger partial charge in [-0.3, -0.25) is 25.6 Å². The van der Waals surface area contributed by atoms with Crippen LogP contribution in [0, 0.1) is 11.3 Å². The maximum atomic E-state index is 13.7. The van der Waals surface area contributed by atoms with Gasteiger partial charge in [0.25, 0.3) is 5.91 Å². The number of nitrogens with one attached hydrogen (secondary N) is 4. The number of aromatic nitrogens is 1. The number of aliphatic hydroxyl groups is 1. The molecule has 0 spiro atoms. The van der Waals surface area contributed by atoms with Crippen molar-refractivity contribution in [3.05, 3.63) is 83.2 Å². The van der Waals surface area contributed by atoms with E-state index in [2.05, 4.69) is 27.5 Å². The molecule has 6 N–H and O–H groups in total. The molecule has 2 amide bonds. The zero-order chi connectivity index (χ0) is 34.2. The van der Waals surface area contributed by atoms with Crippen molar-refractivity contribution in [3.8, 4) is 16.9 Å². The van der Waals surface area contributed by atoms with Crippen LogP contribution in [0.25, 0.3) is 17.2 Å². The standard InChI is InChI=1S/C33H35N5O9/c1-5-20-14-25(30(40)36-22-10-8-21(9-11-22)29(34)38-33(44)47-18(3)46-17(2)39)24(15-27(20)45-4)23-12-13-26(37-28(23)32(42)43)31(41)35-16-19-6-7-19/h5,8-15,18-19,31,35,41H,1,6-7,16H2,2-4H3,(H,36,40)(H,42,43)(H2,34,38,44). The number of carboxylic acids is 1. The third kappa shape index (κ3) is 8.99. The number of amides is 2. The highest BCUT2D eigenvalue weighted by Gasteiger charge is 2.26. The van der Waals surface area contributed by atoms with Crippen molar-refractivity contribution in [2.75, 3.05) is 19.0 Å². The SMILES string of the molecule is C=Cc1cc(C(=O)Nc2ccc(C(=N)NC(=O)OC(C)OC(C)=O)cc2)c(-c2ccc(C(O)NCC3CC3)nc2C(=O)O)cc1OC. The number of hydrogen-bond donors (Lipinski definition) is 6. The molecule has 1 aliphatic carbocycles. The minimum atomic E-state index is -1.36. The number of anilines is 1. The van der Waals surface area contributed by atoms with Crippen molar-refractivity contribution in [1.82, 2.24) is 15.6 Å². The van der Waals surface area contributed by atoms with Crippen LogP contribution in [0.1, 0.15) is 70.6 Å². The Balaban J connectivity index is 1.58. The lowest BCUT2D eigenvalue weighted by atomic mass is 9.94. The van der Waals surface area contributed by atoms with Gasteiger partial charge < -0.3 is 29.7 Å². The molecule has 2 aromatic carbocycles. The number of aliphatic hydroxyl groups excluding tert-OH is 1. The summed E-state index contributed by atoms with van der Waals surface area (Å²) >= 11 is 0. The van der Waals surface area contributed by atoms with E-state index in [4.69, 9.17) is 19.6 Å². The number of alkyl carbamates (subject to hydrolysis) is 1. The minimum Gasteiger partial charge on any atom is -0.496 e. The summed E-state index contributed by atoms with van der Waals surface area (Å²) in [6.07, 6.45) is 0.313. The van der Waals surface area contributed by atoms with Crippen LogP contribution in [0.5, 0.6) is 5.75 Å².